The van der Waals surface area contributed by atoms with E-state index >= 15 is 0 Å². The lowest BCUT2D eigenvalue weighted by molar-refractivity contribution is 0.0600. The highest BCUT2D eigenvalue weighted by Gasteiger charge is 2.13. The topological polar surface area (TPSA) is 43.4 Å². The SMILES string of the molecule is COC(=O)c1cc(F)cc(-c2ccccc2C(C)=O)c1. The van der Waals surface area contributed by atoms with Gasteiger partial charge in [0.2, 0.25) is 0 Å². The fourth-order valence-electron chi connectivity index (χ4n) is 2.02. The van der Waals surface area contributed by atoms with Crippen LogP contribution in [0, 0.1) is 5.82 Å². The Morgan fingerprint density at radius 1 is 1.10 bits per heavy atom. The molecule has 0 aliphatic carbocycles. The zero-order valence-electron chi connectivity index (χ0n) is 11.1. The Kier molecular flexibility index (Phi) is 3.94. The van der Waals surface area contributed by atoms with Crippen LogP contribution < -0.4 is 0 Å². The summed E-state index contributed by atoms with van der Waals surface area (Å²) in [6.45, 7) is 1.44. The van der Waals surface area contributed by atoms with Crippen LogP contribution >= 0.6 is 0 Å². The zero-order chi connectivity index (χ0) is 14.7. The van der Waals surface area contributed by atoms with Gasteiger partial charge in [-0.3, -0.25) is 4.79 Å². The van der Waals surface area contributed by atoms with Crippen molar-refractivity contribution in [3.63, 3.8) is 0 Å². The number of methoxy groups -OCH3 is 1. The molecule has 0 aromatic heterocycles. The summed E-state index contributed by atoms with van der Waals surface area (Å²) in [7, 11) is 1.23. The molecule has 0 atom stereocenters. The van der Waals surface area contributed by atoms with Crippen molar-refractivity contribution < 1.29 is 18.7 Å². The van der Waals surface area contributed by atoms with Crippen molar-refractivity contribution in [2.24, 2.45) is 0 Å². The summed E-state index contributed by atoms with van der Waals surface area (Å²) >= 11 is 0. The van der Waals surface area contributed by atoms with E-state index in [9.17, 15) is 14.0 Å². The summed E-state index contributed by atoms with van der Waals surface area (Å²) in [6.07, 6.45) is 0. The average molecular weight is 272 g/mol. The molecule has 2 aromatic carbocycles. The number of benzene rings is 2. The summed E-state index contributed by atoms with van der Waals surface area (Å²) in [5.41, 5.74) is 1.65. The Morgan fingerprint density at radius 2 is 1.80 bits per heavy atom. The highest BCUT2D eigenvalue weighted by atomic mass is 19.1. The summed E-state index contributed by atoms with van der Waals surface area (Å²) in [5, 5.41) is 0. The highest BCUT2D eigenvalue weighted by molar-refractivity contribution is 6.01. The first-order valence-corrected chi connectivity index (χ1v) is 6.02. The third kappa shape index (κ3) is 2.74. The Balaban J connectivity index is 2.61. The zero-order valence-corrected chi connectivity index (χ0v) is 11.1. The molecular weight excluding hydrogens is 259 g/mol. The van der Waals surface area contributed by atoms with Gasteiger partial charge in [-0.25, -0.2) is 9.18 Å². The third-order valence-electron chi connectivity index (χ3n) is 2.94. The molecule has 0 saturated carbocycles. The van der Waals surface area contributed by atoms with Crippen LogP contribution in [0.2, 0.25) is 0 Å². The largest absolute Gasteiger partial charge is 0.465 e. The normalized spacial score (nSPS) is 10.2. The number of carbonyl (C=O) groups excluding carboxylic acids is 2. The van der Waals surface area contributed by atoms with E-state index in [0.29, 0.717) is 16.7 Å². The van der Waals surface area contributed by atoms with Crippen LogP contribution in [0.1, 0.15) is 27.6 Å². The molecule has 0 saturated heterocycles. The number of esters is 1. The van der Waals surface area contributed by atoms with Crippen molar-refractivity contribution in [2.75, 3.05) is 7.11 Å². The molecule has 0 fully saturated rings. The van der Waals surface area contributed by atoms with Crippen LogP contribution in [0.15, 0.2) is 42.5 Å². The van der Waals surface area contributed by atoms with Crippen LogP contribution in [0.4, 0.5) is 4.39 Å². The maximum Gasteiger partial charge on any atom is 0.337 e. The van der Waals surface area contributed by atoms with E-state index < -0.39 is 11.8 Å². The molecular formula is C16H13FO3. The molecule has 3 nitrogen and oxygen atoms in total. The molecule has 2 rings (SSSR count). The van der Waals surface area contributed by atoms with Crippen LogP contribution in [0.3, 0.4) is 0 Å². The Hall–Kier alpha value is -2.49. The predicted molar refractivity (Wildman–Crippen MR) is 73.2 cm³/mol. The fraction of sp³-hybridized carbons (Fsp3) is 0.125. The van der Waals surface area contributed by atoms with E-state index in [4.69, 9.17) is 0 Å². The number of hydrogen-bond acceptors (Lipinski definition) is 3. The number of hydrogen-bond donors (Lipinski definition) is 0. The van der Waals surface area contributed by atoms with Crippen molar-refractivity contribution in [3.8, 4) is 11.1 Å². The number of ketones is 1. The van der Waals surface area contributed by atoms with Crippen molar-refractivity contribution in [2.45, 2.75) is 6.92 Å². The van der Waals surface area contributed by atoms with Gasteiger partial charge in [-0.2, -0.15) is 0 Å². The van der Waals surface area contributed by atoms with E-state index in [0.717, 1.165) is 6.07 Å². The quantitative estimate of drug-likeness (QED) is 0.634. The first-order valence-electron chi connectivity index (χ1n) is 6.02. The number of ether oxygens (including phenoxy) is 1. The van der Waals surface area contributed by atoms with Gasteiger partial charge >= 0.3 is 5.97 Å². The van der Waals surface area contributed by atoms with Crippen molar-refractivity contribution in [1.82, 2.24) is 0 Å². The summed E-state index contributed by atoms with van der Waals surface area (Å²) in [4.78, 5) is 23.1. The molecule has 4 heteroatoms. The minimum absolute atomic E-state index is 0.112. The lowest BCUT2D eigenvalue weighted by Crippen LogP contribution is -2.03. The van der Waals surface area contributed by atoms with E-state index in [2.05, 4.69) is 4.74 Å². The molecule has 0 unspecified atom stereocenters. The second-order valence-corrected chi connectivity index (χ2v) is 4.32. The second kappa shape index (κ2) is 5.65. The molecule has 102 valence electrons. The van der Waals surface area contributed by atoms with E-state index in [1.54, 1.807) is 24.3 Å². The van der Waals surface area contributed by atoms with Gasteiger partial charge in [0.1, 0.15) is 5.82 Å². The summed E-state index contributed by atoms with van der Waals surface area (Å²) < 4.78 is 18.2. The van der Waals surface area contributed by atoms with E-state index in [1.165, 1.54) is 26.2 Å². The molecule has 0 aliphatic heterocycles. The van der Waals surface area contributed by atoms with Crippen LogP contribution in [-0.2, 0) is 4.74 Å². The van der Waals surface area contributed by atoms with Gasteiger partial charge in [-0.05, 0) is 36.2 Å². The molecule has 0 radical (unpaired) electrons. The van der Waals surface area contributed by atoms with Gasteiger partial charge in [-0.1, -0.05) is 24.3 Å². The van der Waals surface area contributed by atoms with E-state index in [-0.39, 0.29) is 11.3 Å². The summed E-state index contributed by atoms with van der Waals surface area (Å²) in [6, 6.07) is 10.8. The minimum Gasteiger partial charge on any atom is -0.465 e. The van der Waals surface area contributed by atoms with Gasteiger partial charge < -0.3 is 4.74 Å². The molecule has 0 amide bonds. The monoisotopic (exact) mass is 272 g/mol. The summed E-state index contributed by atoms with van der Waals surface area (Å²) in [5.74, 6) is -1.29. The average Bonchev–Trinajstić information content (AvgIpc) is 2.45. The maximum absolute atomic E-state index is 13.7. The number of carbonyl (C=O) groups is 2. The Labute approximate surface area is 116 Å². The Morgan fingerprint density at radius 3 is 2.45 bits per heavy atom. The van der Waals surface area contributed by atoms with Gasteiger partial charge in [0.25, 0.3) is 0 Å². The van der Waals surface area contributed by atoms with Crippen LogP contribution in [0.5, 0.6) is 0 Å². The lowest BCUT2D eigenvalue weighted by atomic mass is 9.96. The van der Waals surface area contributed by atoms with Gasteiger partial charge in [-0.15, -0.1) is 0 Å². The van der Waals surface area contributed by atoms with Crippen LogP contribution in [0.25, 0.3) is 11.1 Å². The van der Waals surface area contributed by atoms with E-state index in [1.807, 2.05) is 0 Å². The predicted octanol–water partition coefficient (Wildman–Crippen LogP) is 3.48. The van der Waals surface area contributed by atoms with Gasteiger partial charge in [0.05, 0.1) is 12.7 Å². The maximum atomic E-state index is 13.7. The molecule has 0 aliphatic rings. The number of rotatable bonds is 3. The molecule has 0 bridgehead atoms. The second-order valence-electron chi connectivity index (χ2n) is 4.32. The molecule has 2 aromatic rings. The number of Topliss-reactive ketones (excluding diaryl/α,β-unsaturated/α-hetero) is 1. The third-order valence-corrected chi connectivity index (χ3v) is 2.94. The molecule has 0 spiro atoms. The fourth-order valence-corrected chi connectivity index (χ4v) is 2.02. The van der Waals surface area contributed by atoms with Crippen molar-refractivity contribution in [3.05, 3.63) is 59.4 Å². The highest BCUT2D eigenvalue weighted by Crippen LogP contribution is 2.26. The van der Waals surface area contributed by atoms with Crippen molar-refractivity contribution >= 4 is 11.8 Å². The Bertz CT molecular complexity index is 677. The molecule has 20 heavy (non-hydrogen) atoms. The minimum atomic E-state index is -0.619. The smallest absolute Gasteiger partial charge is 0.337 e. The van der Waals surface area contributed by atoms with Crippen LogP contribution in [-0.4, -0.2) is 18.9 Å². The number of halogens is 1. The first kappa shape index (κ1) is 13.9. The standard InChI is InChI=1S/C16H13FO3/c1-10(18)14-5-3-4-6-15(14)11-7-12(16(19)20-2)9-13(17)8-11/h3-9H,1-2H3. The van der Waals surface area contributed by atoms with Gasteiger partial charge in [0.15, 0.2) is 5.78 Å². The molecule has 0 N–H and O–H groups in total. The first-order chi connectivity index (χ1) is 9.52. The lowest BCUT2D eigenvalue weighted by Gasteiger charge is -2.09. The van der Waals surface area contributed by atoms with Gasteiger partial charge in [0, 0.05) is 5.56 Å². The van der Waals surface area contributed by atoms with Crippen molar-refractivity contribution in [1.29, 1.82) is 0 Å². The molecule has 0 heterocycles.